The lowest BCUT2D eigenvalue weighted by Gasteiger charge is -2.38. The van der Waals surface area contributed by atoms with Crippen LogP contribution in [0.3, 0.4) is 0 Å². The van der Waals surface area contributed by atoms with E-state index in [1.807, 2.05) is 6.92 Å². The second kappa shape index (κ2) is 9.21. The van der Waals surface area contributed by atoms with Gasteiger partial charge in [-0.3, -0.25) is 4.90 Å². The van der Waals surface area contributed by atoms with Gasteiger partial charge in [-0.1, -0.05) is 12.1 Å². The van der Waals surface area contributed by atoms with Crippen molar-refractivity contribution in [3.8, 4) is 5.75 Å². The lowest BCUT2D eigenvalue weighted by molar-refractivity contribution is 0.113. The number of methoxy groups -OCH3 is 1. The molecule has 0 unspecified atom stereocenters. The summed E-state index contributed by atoms with van der Waals surface area (Å²) in [6.45, 7) is 5.47. The Balaban J connectivity index is 1.80. The van der Waals surface area contributed by atoms with Gasteiger partial charge in [0, 0.05) is 38.8 Å². The average molecular weight is 422 g/mol. The molecule has 1 fully saturated rings. The minimum absolute atomic E-state index is 0.168. The van der Waals surface area contributed by atoms with Crippen LogP contribution >= 0.6 is 0 Å². The first-order valence-corrected chi connectivity index (χ1v) is 11.1. The average Bonchev–Trinajstić information content (AvgIpc) is 2.70. The Morgan fingerprint density at radius 3 is 2.34 bits per heavy atom. The number of halogens is 1. The van der Waals surface area contributed by atoms with Gasteiger partial charge in [0.25, 0.3) is 0 Å². The van der Waals surface area contributed by atoms with Crippen LogP contribution in [0, 0.1) is 12.7 Å². The van der Waals surface area contributed by atoms with Crippen LogP contribution in [0.25, 0.3) is 0 Å². The molecule has 1 saturated heterocycles. The van der Waals surface area contributed by atoms with E-state index in [1.54, 1.807) is 31.4 Å². The number of rotatable bonds is 7. The highest BCUT2D eigenvalue weighted by Gasteiger charge is 2.26. The molecule has 0 bridgehead atoms. The zero-order valence-corrected chi connectivity index (χ0v) is 17.9. The zero-order chi connectivity index (χ0) is 21.0. The van der Waals surface area contributed by atoms with Gasteiger partial charge in [0.05, 0.1) is 12.0 Å². The topological polar surface area (TPSA) is 61.9 Å². The second-order valence-electron chi connectivity index (χ2n) is 7.39. The van der Waals surface area contributed by atoms with Crippen molar-refractivity contribution in [3.63, 3.8) is 0 Å². The summed E-state index contributed by atoms with van der Waals surface area (Å²) in [6, 6.07) is 10.9. The van der Waals surface area contributed by atoms with Gasteiger partial charge in [-0.05, 0) is 55.4 Å². The van der Waals surface area contributed by atoms with Crippen LogP contribution < -0.4 is 9.46 Å². The summed E-state index contributed by atoms with van der Waals surface area (Å²) in [7, 11) is -0.0631. The fourth-order valence-corrected chi connectivity index (χ4v) is 4.69. The molecule has 1 N–H and O–H groups in total. The third kappa shape index (κ3) is 5.33. The van der Waals surface area contributed by atoms with E-state index in [9.17, 15) is 12.8 Å². The highest BCUT2D eigenvalue weighted by molar-refractivity contribution is 7.89. The molecule has 29 heavy (non-hydrogen) atoms. The van der Waals surface area contributed by atoms with Crippen LogP contribution in [0.1, 0.15) is 17.2 Å². The summed E-state index contributed by atoms with van der Waals surface area (Å²) in [5, 5.41) is 0. The maximum absolute atomic E-state index is 13.4. The molecule has 6 nitrogen and oxygen atoms in total. The largest absolute Gasteiger partial charge is 0.496 e. The number of aryl methyl sites for hydroxylation is 1. The summed E-state index contributed by atoms with van der Waals surface area (Å²) in [4.78, 5) is 4.68. The van der Waals surface area contributed by atoms with Gasteiger partial charge in [-0.2, -0.15) is 0 Å². The third-order valence-electron chi connectivity index (χ3n) is 5.38. The van der Waals surface area contributed by atoms with Gasteiger partial charge in [0.15, 0.2) is 0 Å². The number of hydrogen-bond acceptors (Lipinski definition) is 5. The SMILES string of the molecule is COc1ccc(S(=O)(=O)NC[C@H](c2ccc(F)cc2)N2CCN(C)CC2)cc1C. The monoisotopic (exact) mass is 421 g/mol. The van der Waals surface area contributed by atoms with Crippen molar-refractivity contribution in [1.29, 1.82) is 0 Å². The van der Waals surface area contributed by atoms with E-state index in [2.05, 4.69) is 21.6 Å². The van der Waals surface area contributed by atoms with Crippen molar-refractivity contribution < 1.29 is 17.5 Å². The molecule has 2 aromatic rings. The van der Waals surface area contributed by atoms with E-state index < -0.39 is 10.0 Å². The fraction of sp³-hybridized carbons (Fsp3) is 0.429. The molecular weight excluding hydrogens is 393 g/mol. The summed E-state index contributed by atoms with van der Waals surface area (Å²) in [6.07, 6.45) is 0. The Morgan fingerprint density at radius 1 is 1.10 bits per heavy atom. The van der Waals surface area contributed by atoms with E-state index in [-0.39, 0.29) is 23.3 Å². The summed E-state index contributed by atoms with van der Waals surface area (Å²) >= 11 is 0. The first-order chi connectivity index (χ1) is 13.8. The number of benzene rings is 2. The third-order valence-corrected chi connectivity index (χ3v) is 6.80. The minimum atomic E-state index is -3.69. The molecule has 0 saturated carbocycles. The molecule has 2 aromatic carbocycles. The Labute approximate surface area is 172 Å². The number of nitrogens with zero attached hydrogens (tertiary/aromatic N) is 2. The van der Waals surface area contributed by atoms with Crippen molar-refractivity contribution in [1.82, 2.24) is 14.5 Å². The second-order valence-corrected chi connectivity index (χ2v) is 9.16. The number of sulfonamides is 1. The van der Waals surface area contributed by atoms with Gasteiger partial charge < -0.3 is 9.64 Å². The first-order valence-electron chi connectivity index (χ1n) is 9.62. The molecule has 0 amide bonds. The number of nitrogens with one attached hydrogen (secondary N) is 1. The quantitative estimate of drug-likeness (QED) is 0.744. The Hall–Kier alpha value is -2.00. The Morgan fingerprint density at radius 2 is 1.76 bits per heavy atom. The van der Waals surface area contributed by atoms with Crippen LogP contribution in [0.5, 0.6) is 5.75 Å². The number of hydrogen-bond donors (Lipinski definition) is 1. The summed E-state index contributed by atoms with van der Waals surface area (Å²) < 4.78 is 47.1. The molecule has 1 aliphatic heterocycles. The maximum atomic E-state index is 13.4. The van der Waals surface area contributed by atoms with E-state index in [4.69, 9.17) is 4.74 Å². The van der Waals surface area contributed by atoms with Gasteiger partial charge in [0.2, 0.25) is 10.0 Å². The van der Waals surface area contributed by atoms with Crippen LogP contribution in [0.15, 0.2) is 47.4 Å². The van der Waals surface area contributed by atoms with E-state index in [0.29, 0.717) is 5.75 Å². The Bertz CT molecular complexity index is 927. The molecule has 158 valence electrons. The van der Waals surface area contributed by atoms with Crippen molar-refractivity contribution in [2.45, 2.75) is 17.9 Å². The molecule has 0 aromatic heterocycles. The van der Waals surface area contributed by atoms with Gasteiger partial charge in [0.1, 0.15) is 11.6 Å². The first kappa shape index (κ1) is 21.7. The van der Waals surface area contributed by atoms with E-state index in [0.717, 1.165) is 37.3 Å². The minimum Gasteiger partial charge on any atom is -0.496 e. The highest BCUT2D eigenvalue weighted by atomic mass is 32.2. The highest BCUT2D eigenvalue weighted by Crippen LogP contribution is 2.24. The molecule has 0 aliphatic carbocycles. The lowest BCUT2D eigenvalue weighted by atomic mass is 10.0. The molecule has 3 rings (SSSR count). The van der Waals surface area contributed by atoms with Crippen LogP contribution in [0.2, 0.25) is 0 Å². The zero-order valence-electron chi connectivity index (χ0n) is 17.1. The molecule has 1 atom stereocenters. The molecule has 1 aliphatic rings. The van der Waals surface area contributed by atoms with Gasteiger partial charge in [-0.15, -0.1) is 0 Å². The van der Waals surface area contributed by atoms with Crippen molar-refractivity contribution >= 4 is 10.0 Å². The van der Waals surface area contributed by atoms with Crippen molar-refractivity contribution in [2.24, 2.45) is 0 Å². The number of likely N-dealkylation sites (N-methyl/N-ethyl adjacent to an activating group) is 1. The lowest BCUT2D eigenvalue weighted by Crippen LogP contribution is -2.48. The van der Waals surface area contributed by atoms with E-state index >= 15 is 0 Å². The smallest absolute Gasteiger partial charge is 0.240 e. The summed E-state index contributed by atoms with van der Waals surface area (Å²) in [5.74, 6) is 0.339. The van der Waals surface area contributed by atoms with Gasteiger partial charge >= 0.3 is 0 Å². The standard InChI is InChI=1S/C21H28FN3O3S/c1-16-14-19(8-9-21(16)28-3)29(26,27)23-15-20(17-4-6-18(22)7-5-17)25-12-10-24(2)11-13-25/h4-9,14,20,23H,10-13,15H2,1-3H3/t20-/m1/s1. The molecular formula is C21H28FN3O3S. The van der Waals surface area contributed by atoms with Gasteiger partial charge in [-0.25, -0.2) is 17.5 Å². The predicted octanol–water partition coefficient (Wildman–Crippen LogP) is 2.41. The number of ether oxygens (including phenoxy) is 1. The molecule has 8 heteroatoms. The van der Waals surface area contributed by atoms with Crippen LogP contribution in [-0.4, -0.2) is 65.1 Å². The normalized spacial score (nSPS) is 17.2. The van der Waals surface area contributed by atoms with Crippen LogP contribution in [-0.2, 0) is 10.0 Å². The number of piperazine rings is 1. The summed E-state index contributed by atoms with van der Waals surface area (Å²) in [5.41, 5.74) is 1.65. The maximum Gasteiger partial charge on any atom is 0.240 e. The molecule has 0 spiro atoms. The van der Waals surface area contributed by atoms with E-state index in [1.165, 1.54) is 18.2 Å². The molecule has 0 radical (unpaired) electrons. The Kier molecular flexibility index (Phi) is 6.89. The molecule has 1 heterocycles. The van der Waals surface area contributed by atoms with Crippen LogP contribution in [0.4, 0.5) is 4.39 Å². The van der Waals surface area contributed by atoms with Crippen molar-refractivity contribution in [2.75, 3.05) is 46.9 Å². The fourth-order valence-electron chi connectivity index (χ4n) is 3.57. The van der Waals surface area contributed by atoms with Crippen molar-refractivity contribution in [3.05, 3.63) is 59.4 Å². The predicted molar refractivity (Wildman–Crippen MR) is 111 cm³/mol.